The third-order valence-electron chi connectivity index (χ3n) is 3.25. The standard InChI is InChI=1S/C13H13N5O/c1-17-9-6-4-3-5-8(9)12(19)18(2)10-7-15-13(14)16-11(10)17/h3-7H,1-2H3,(H2,14,15,16). The van der Waals surface area contributed by atoms with E-state index in [1.165, 1.54) is 4.90 Å². The lowest BCUT2D eigenvalue weighted by Gasteiger charge is -2.20. The van der Waals surface area contributed by atoms with Crippen LogP contribution in [0.4, 0.5) is 23.1 Å². The van der Waals surface area contributed by atoms with Gasteiger partial charge in [0.2, 0.25) is 5.95 Å². The lowest BCUT2D eigenvalue weighted by atomic mass is 10.1. The van der Waals surface area contributed by atoms with Crippen LogP contribution in [0.2, 0.25) is 0 Å². The summed E-state index contributed by atoms with van der Waals surface area (Å²) in [5.41, 5.74) is 7.71. The van der Waals surface area contributed by atoms with Crippen LogP contribution in [0.5, 0.6) is 0 Å². The van der Waals surface area contributed by atoms with E-state index in [2.05, 4.69) is 9.97 Å². The van der Waals surface area contributed by atoms with Gasteiger partial charge in [-0.25, -0.2) is 4.98 Å². The first kappa shape index (κ1) is 11.5. The van der Waals surface area contributed by atoms with Crippen molar-refractivity contribution in [1.82, 2.24) is 9.97 Å². The van der Waals surface area contributed by atoms with E-state index >= 15 is 0 Å². The molecular formula is C13H13N5O. The number of benzene rings is 1. The van der Waals surface area contributed by atoms with Crippen LogP contribution in [-0.2, 0) is 0 Å². The van der Waals surface area contributed by atoms with Gasteiger partial charge >= 0.3 is 0 Å². The van der Waals surface area contributed by atoms with Crippen LogP contribution in [0.3, 0.4) is 0 Å². The summed E-state index contributed by atoms with van der Waals surface area (Å²) < 4.78 is 0. The molecule has 0 aliphatic carbocycles. The Kier molecular flexibility index (Phi) is 2.38. The molecule has 0 saturated carbocycles. The molecule has 0 fully saturated rings. The molecule has 0 radical (unpaired) electrons. The monoisotopic (exact) mass is 255 g/mol. The molecule has 0 atom stereocenters. The number of rotatable bonds is 0. The van der Waals surface area contributed by atoms with Crippen LogP contribution < -0.4 is 15.5 Å². The van der Waals surface area contributed by atoms with Crippen LogP contribution in [-0.4, -0.2) is 30.0 Å². The smallest absolute Gasteiger partial charge is 0.260 e. The van der Waals surface area contributed by atoms with Gasteiger partial charge in [-0.05, 0) is 12.1 Å². The number of amides is 1. The molecule has 1 aromatic carbocycles. The largest absolute Gasteiger partial charge is 0.368 e. The number of hydrogen-bond donors (Lipinski definition) is 1. The van der Waals surface area contributed by atoms with E-state index in [-0.39, 0.29) is 11.9 Å². The molecule has 0 unspecified atom stereocenters. The molecule has 3 rings (SSSR count). The first-order valence-electron chi connectivity index (χ1n) is 5.83. The number of aromatic nitrogens is 2. The molecule has 19 heavy (non-hydrogen) atoms. The number of anilines is 4. The van der Waals surface area contributed by atoms with Gasteiger partial charge in [0.25, 0.3) is 5.91 Å². The summed E-state index contributed by atoms with van der Waals surface area (Å²) in [5, 5.41) is 0. The molecule has 0 spiro atoms. The average molecular weight is 255 g/mol. The van der Waals surface area contributed by atoms with E-state index in [9.17, 15) is 4.79 Å². The van der Waals surface area contributed by atoms with Crippen LogP contribution in [0, 0.1) is 0 Å². The van der Waals surface area contributed by atoms with Gasteiger partial charge in [-0.3, -0.25) is 4.79 Å². The van der Waals surface area contributed by atoms with Gasteiger partial charge in [-0.2, -0.15) is 4.98 Å². The quantitative estimate of drug-likeness (QED) is 0.770. The second-order valence-electron chi connectivity index (χ2n) is 4.38. The maximum Gasteiger partial charge on any atom is 0.260 e. The van der Waals surface area contributed by atoms with Crippen molar-refractivity contribution in [2.24, 2.45) is 0 Å². The van der Waals surface area contributed by atoms with Crippen molar-refractivity contribution in [1.29, 1.82) is 0 Å². The van der Waals surface area contributed by atoms with Crippen LogP contribution in [0.1, 0.15) is 10.4 Å². The van der Waals surface area contributed by atoms with Gasteiger partial charge in [0, 0.05) is 14.1 Å². The molecule has 6 heteroatoms. The SMILES string of the molecule is CN1C(=O)c2ccccc2N(C)c2nc(N)ncc21. The summed E-state index contributed by atoms with van der Waals surface area (Å²) in [5.74, 6) is 0.716. The highest BCUT2D eigenvalue weighted by Gasteiger charge is 2.28. The number of nitrogens with zero attached hydrogens (tertiary/aromatic N) is 4. The van der Waals surface area contributed by atoms with E-state index in [0.29, 0.717) is 17.1 Å². The third kappa shape index (κ3) is 1.61. The molecule has 96 valence electrons. The fraction of sp³-hybridized carbons (Fsp3) is 0.154. The first-order valence-corrected chi connectivity index (χ1v) is 5.83. The third-order valence-corrected chi connectivity index (χ3v) is 3.25. The minimum atomic E-state index is -0.0884. The highest BCUT2D eigenvalue weighted by Crippen LogP contribution is 2.37. The number of hydrogen-bond acceptors (Lipinski definition) is 5. The molecule has 2 heterocycles. The van der Waals surface area contributed by atoms with Crippen molar-refractivity contribution in [2.75, 3.05) is 29.6 Å². The maximum absolute atomic E-state index is 12.4. The molecule has 1 amide bonds. The lowest BCUT2D eigenvalue weighted by Crippen LogP contribution is -2.25. The van der Waals surface area contributed by atoms with E-state index < -0.39 is 0 Å². The van der Waals surface area contributed by atoms with Gasteiger partial charge in [0.05, 0.1) is 17.4 Å². The van der Waals surface area contributed by atoms with Gasteiger partial charge in [0.15, 0.2) is 5.82 Å². The van der Waals surface area contributed by atoms with E-state index in [0.717, 1.165) is 5.69 Å². The van der Waals surface area contributed by atoms with E-state index in [4.69, 9.17) is 5.73 Å². The number of para-hydroxylation sites is 1. The van der Waals surface area contributed by atoms with Crippen LogP contribution >= 0.6 is 0 Å². The van der Waals surface area contributed by atoms with Crippen molar-refractivity contribution in [3.05, 3.63) is 36.0 Å². The number of nitrogens with two attached hydrogens (primary N) is 1. The summed E-state index contributed by atoms with van der Waals surface area (Å²) in [7, 11) is 3.56. The predicted octanol–water partition coefficient (Wildman–Crippen LogP) is 1.42. The minimum absolute atomic E-state index is 0.0884. The number of fused-ring (bicyclic) bond motifs is 2. The highest BCUT2D eigenvalue weighted by atomic mass is 16.2. The summed E-state index contributed by atoms with van der Waals surface area (Å²) in [6, 6.07) is 7.41. The molecule has 0 saturated heterocycles. The fourth-order valence-corrected chi connectivity index (χ4v) is 2.21. The predicted molar refractivity (Wildman–Crippen MR) is 73.7 cm³/mol. The van der Waals surface area contributed by atoms with Crippen molar-refractivity contribution >= 4 is 29.0 Å². The zero-order valence-electron chi connectivity index (χ0n) is 10.7. The Balaban J connectivity index is 2.31. The van der Waals surface area contributed by atoms with Gasteiger partial charge < -0.3 is 15.5 Å². The Labute approximate surface area is 110 Å². The number of nitrogen functional groups attached to an aromatic ring is 1. The number of carbonyl (C=O) groups is 1. The van der Waals surface area contributed by atoms with Gasteiger partial charge in [0.1, 0.15) is 5.69 Å². The van der Waals surface area contributed by atoms with Crippen molar-refractivity contribution in [3.8, 4) is 0 Å². The Morgan fingerprint density at radius 1 is 1.11 bits per heavy atom. The molecule has 1 aliphatic heterocycles. The topological polar surface area (TPSA) is 75.4 Å². The molecule has 2 N–H and O–H groups in total. The normalized spacial score (nSPS) is 13.9. The number of carbonyl (C=O) groups excluding carboxylic acids is 1. The van der Waals surface area contributed by atoms with Crippen LogP contribution in [0.25, 0.3) is 0 Å². The highest BCUT2D eigenvalue weighted by molar-refractivity contribution is 6.13. The summed E-state index contributed by atoms with van der Waals surface area (Å²) in [4.78, 5) is 24.0. The zero-order valence-corrected chi connectivity index (χ0v) is 10.7. The summed E-state index contributed by atoms with van der Waals surface area (Å²) in [6.45, 7) is 0. The first-order chi connectivity index (χ1) is 9.09. The summed E-state index contributed by atoms with van der Waals surface area (Å²) >= 11 is 0. The molecule has 6 nitrogen and oxygen atoms in total. The minimum Gasteiger partial charge on any atom is -0.368 e. The maximum atomic E-state index is 12.4. The second-order valence-corrected chi connectivity index (χ2v) is 4.38. The van der Waals surface area contributed by atoms with Crippen LogP contribution in [0.15, 0.2) is 30.5 Å². The Morgan fingerprint density at radius 2 is 1.84 bits per heavy atom. The van der Waals surface area contributed by atoms with Crippen molar-refractivity contribution in [3.63, 3.8) is 0 Å². The molecule has 1 aliphatic rings. The molecular weight excluding hydrogens is 242 g/mol. The zero-order chi connectivity index (χ0) is 13.6. The Bertz CT molecular complexity index is 670. The molecule has 0 bridgehead atoms. The second kappa shape index (κ2) is 3.94. The Hall–Kier alpha value is -2.63. The van der Waals surface area contributed by atoms with Crippen molar-refractivity contribution < 1.29 is 4.79 Å². The lowest BCUT2D eigenvalue weighted by molar-refractivity contribution is 0.0994. The van der Waals surface area contributed by atoms with E-state index in [1.807, 2.05) is 30.1 Å². The fourth-order valence-electron chi connectivity index (χ4n) is 2.21. The van der Waals surface area contributed by atoms with Gasteiger partial charge in [-0.1, -0.05) is 12.1 Å². The van der Waals surface area contributed by atoms with Gasteiger partial charge in [-0.15, -0.1) is 0 Å². The molecule has 1 aromatic heterocycles. The van der Waals surface area contributed by atoms with Crippen molar-refractivity contribution in [2.45, 2.75) is 0 Å². The average Bonchev–Trinajstić information content (AvgIpc) is 2.51. The van der Waals surface area contributed by atoms with E-state index in [1.54, 1.807) is 19.3 Å². The Morgan fingerprint density at radius 3 is 2.63 bits per heavy atom. The molecule has 2 aromatic rings. The summed E-state index contributed by atoms with van der Waals surface area (Å²) in [6.07, 6.45) is 1.57.